The SMILES string of the molecule is COc1ccc(=O)n(Cc2ccc(F)cc2CN)n1. The number of benzene rings is 1. The van der Waals surface area contributed by atoms with Crippen LogP contribution in [0.5, 0.6) is 5.88 Å². The second-order valence-corrected chi connectivity index (χ2v) is 3.99. The monoisotopic (exact) mass is 263 g/mol. The quantitative estimate of drug-likeness (QED) is 0.889. The number of ether oxygens (including phenoxy) is 1. The van der Waals surface area contributed by atoms with Crippen LogP contribution in [-0.2, 0) is 13.1 Å². The Morgan fingerprint density at radius 2 is 2.11 bits per heavy atom. The summed E-state index contributed by atoms with van der Waals surface area (Å²) in [7, 11) is 1.47. The largest absolute Gasteiger partial charge is 0.480 e. The van der Waals surface area contributed by atoms with E-state index in [1.54, 1.807) is 6.07 Å². The summed E-state index contributed by atoms with van der Waals surface area (Å²) >= 11 is 0. The maximum absolute atomic E-state index is 13.1. The number of halogens is 1. The number of hydrogen-bond donors (Lipinski definition) is 1. The van der Waals surface area contributed by atoms with Crippen molar-refractivity contribution in [3.05, 3.63) is 57.6 Å². The summed E-state index contributed by atoms with van der Waals surface area (Å²) in [6.07, 6.45) is 0. The fourth-order valence-electron chi connectivity index (χ4n) is 1.75. The van der Waals surface area contributed by atoms with E-state index < -0.39 is 0 Å². The predicted octanol–water partition coefficient (Wildman–Crippen LogP) is 0.898. The first-order valence-corrected chi connectivity index (χ1v) is 5.73. The summed E-state index contributed by atoms with van der Waals surface area (Å²) in [5, 5.41) is 4.03. The number of nitrogens with zero attached hydrogens (tertiary/aromatic N) is 2. The van der Waals surface area contributed by atoms with Crippen LogP contribution in [0, 0.1) is 5.82 Å². The maximum atomic E-state index is 13.1. The molecule has 0 aliphatic rings. The highest BCUT2D eigenvalue weighted by Crippen LogP contribution is 2.12. The Bertz CT molecular complexity index is 640. The summed E-state index contributed by atoms with van der Waals surface area (Å²) < 4.78 is 19.3. The van der Waals surface area contributed by atoms with Crippen LogP contribution in [-0.4, -0.2) is 16.9 Å². The van der Waals surface area contributed by atoms with Gasteiger partial charge in [-0.15, -0.1) is 5.10 Å². The third-order valence-electron chi connectivity index (χ3n) is 2.76. The zero-order valence-electron chi connectivity index (χ0n) is 10.5. The Morgan fingerprint density at radius 3 is 2.79 bits per heavy atom. The molecule has 2 aromatic rings. The lowest BCUT2D eigenvalue weighted by molar-refractivity contribution is 0.378. The molecule has 6 heteroatoms. The Hall–Kier alpha value is -2.21. The summed E-state index contributed by atoms with van der Waals surface area (Å²) in [5.41, 5.74) is 6.72. The van der Waals surface area contributed by atoms with Crippen LogP contribution in [0.1, 0.15) is 11.1 Å². The van der Waals surface area contributed by atoms with E-state index in [1.165, 1.54) is 36.1 Å². The highest BCUT2D eigenvalue weighted by molar-refractivity contribution is 5.28. The molecular formula is C13H14FN3O2. The number of hydrogen-bond acceptors (Lipinski definition) is 4. The molecule has 0 radical (unpaired) electrons. The van der Waals surface area contributed by atoms with Crippen LogP contribution >= 0.6 is 0 Å². The van der Waals surface area contributed by atoms with Crippen LogP contribution in [0.15, 0.2) is 35.1 Å². The molecule has 1 aromatic heterocycles. The summed E-state index contributed by atoms with van der Waals surface area (Å²) in [6.45, 7) is 0.425. The minimum Gasteiger partial charge on any atom is -0.480 e. The van der Waals surface area contributed by atoms with Gasteiger partial charge in [-0.2, -0.15) is 0 Å². The van der Waals surface area contributed by atoms with Crippen molar-refractivity contribution in [1.29, 1.82) is 0 Å². The van der Waals surface area contributed by atoms with Gasteiger partial charge in [0.2, 0.25) is 5.88 Å². The molecule has 1 heterocycles. The molecule has 0 unspecified atom stereocenters. The fraction of sp³-hybridized carbons (Fsp3) is 0.231. The Morgan fingerprint density at radius 1 is 1.32 bits per heavy atom. The summed E-state index contributed by atoms with van der Waals surface area (Å²) in [5.74, 6) is -0.00819. The van der Waals surface area contributed by atoms with Crippen molar-refractivity contribution in [1.82, 2.24) is 9.78 Å². The number of aromatic nitrogens is 2. The van der Waals surface area contributed by atoms with Crippen molar-refractivity contribution < 1.29 is 9.13 Å². The molecule has 0 atom stereocenters. The van der Waals surface area contributed by atoms with Gasteiger partial charge in [0, 0.05) is 18.7 Å². The van der Waals surface area contributed by atoms with Crippen LogP contribution < -0.4 is 16.0 Å². The van der Waals surface area contributed by atoms with E-state index in [4.69, 9.17) is 10.5 Å². The van der Waals surface area contributed by atoms with Gasteiger partial charge in [-0.3, -0.25) is 4.79 Å². The average Bonchev–Trinajstić information content (AvgIpc) is 2.43. The van der Waals surface area contributed by atoms with Gasteiger partial charge in [0.25, 0.3) is 5.56 Å². The lowest BCUT2D eigenvalue weighted by Crippen LogP contribution is -2.23. The van der Waals surface area contributed by atoms with Gasteiger partial charge >= 0.3 is 0 Å². The molecule has 1 aromatic carbocycles. The van der Waals surface area contributed by atoms with E-state index in [0.717, 1.165) is 5.56 Å². The van der Waals surface area contributed by atoms with E-state index in [2.05, 4.69) is 5.10 Å². The highest BCUT2D eigenvalue weighted by atomic mass is 19.1. The van der Waals surface area contributed by atoms with E-state index in [1.807, 2.05) is 0 Å². The van der Waals surface area contributed by atoms with Crippen molar-refractivity contribution in [3.63, 3.8) is 0 Å². The predicted molar refractivity (Wildman–Crippen MR) is 68.4 cm³/mol. The molecule has 0 saturated heterocycles. The van der Waals surface area contributed by atoms with Crippen molar-refractivity contribution in [2.45, 2.75) is 13.1 Å². The maximum Gasteiger partial charge on any atom is 0.267 e. The zero-order chi connectivity index (χ0) is 13.8. The van der Waals surface area contributed by atoms with Crippen LogP contribution in [0.3, 0.4) is 0 Å². The molecule has 2 N–H and O–H groups in total. The topological polar surface area (TPSA) is 70.1 Å². The molecule has 0 fully saturated rings. The molecule has 0 saturated carbocycles. The molecule has 19 heavy (non-hydrogen) atoms. The third kappa shape index (κ3) is 2.97. The standard InChI is InChI=1S/C13H14FN3O2/c1-19-12-4-5-13(18)17(16-12)8-9-2-3-11(14)6-10(9)7-15/h2-6H,7-8,15H2,1H3. The number of rotatable bonds is 4. The molecule has 0 spiro atoms. The third-order valence-corrected chi connectivity index (χ3v) is 2.76. The first-order valence-electron chi connectivity index (χ1n) is 5.73. The fourth-order valence-corrected chi connectivity index (χ4v) is 1.75. The van der Waals surface area contributed by atoms with Crippen molar-refractivity contribution in [2.75, 3.05) is 7.11 Å². The highest BCUT2D eigenvalue weighted by Gasteiger charge is 2.07. The van der Waals surface area contributed by atoms with Gasteiger partial charge in [-0.1, -0.05) is 6.07 Å². The van der Waals surface area contributed by atoms with Gasteiger partial charge in [-0.05, 0) is 23.3 Å². The molecule has 0 amide bonds. The van der Waals surface area contributed by atoms with Crippen LogP contribution in [0.25, 0.3) is 0 Å². The summed E-state index contributed by atoms with van der Waals surface area (Å²) in [4.78, 5) is 11.7. The first-order chi connectivity index (χ1) is 9.13. The zero-order valence-corrected chi connectivity index (χ0v) is 10.5. The molecular weight excluding hydrogens is 249 g/mol. The minimum absolute atomic E-state index is 0.200. The van der Waals surface area contributed by atoms with E-state index in [0.29, 0.717) is 11.4 Å². The first kappa shape index (κ1) is 13.2. The van der Waals surface area contributed by atoms with Gasteiger partial charge in [0.1, 0.15) is 5.82 Å². The average molecular weight is 263 g/mol. The van der Waals surface area contributed by atoms with E-state index >= 15 is 0 Å². The Balaban J connectivity index is 2.38. The van der Waals surface area contributed by atoms with Crippen LogP contribution in [0.2, 0.25) is 0 Å². The van der Waals surface area contributed by atoms with Crippen molar-refractivity contribution in [3.8, 4) is 5.88 Å². The van der Waals surface area contributed by atoms with Gasteiger partial charge in [0.05, 0.1) is 13.7 Å². The minimum atomic E-state index is -0.352. The van der Waals surface area contributed by atoms with Gasteiger partial charge in [-0.25, -0.2) is 9.07 Å². The normalized spacial score (nSPS) is 10.5. The molecule has 5 nitrogen and oxygen atoms in total. The Kier molecular flexibility index (Phi) is 3.91. The van der Waals surface area contributed by atoms with Crippen molar-refractivity contribution in [2.24, 2.45) is 5.73 Å². The smallest absolute Gasteiger partial charge is 0.267 e. The van der Waals surface area contributed by atoms with Crippen molar-refractivity contribution >= 4 is 0 Å². The lowest BCUT2D eigenvalue weighted by Gasteiger charge is -2.10. The molecule has 0 aliphatic carbocycles. The molecule has 0 aliphatic heterocycles. The number of nitrogens with two attached hydrogens (primary N) is 1. The second kappa shape index (κ2) is 5.62. The second-order valence-electron chi connectivity index (χ2n) is 3.99. The van der Waals surface area contributed by atoms with E-state index in [-0.39, 0.29) is 24.5 Å². The van der Waals surface area contributed by atoms with E-state index in [9.17, 15) is 9.18 Å². The summed E-state index contributed by atoms with van der Waals surface area (Å²) in [6, 6.07) is 7.16. The Labute approximate surface area is 109 Å². The number of methoxy groups -OCH3 is 1. The van der Waals surface area contributed by atoms with Gasteiger partial charge in [0.15, 0.2) is 0 Å². The molecule has 100 valence electrons. The molecule has 2 rings (SSSR count). The van der Waals surface area contributed by atoms with Crippen LogP contribution in [0.4, 0.5) is 4.39 Å². The lowest BCUT2D eigenvalue weighted by atomic mass is 10.1. The van der Waals surface area contributed by atoms with Gasteiger partial charge < -0.3 is 10.5 Å². The molecule has 0 bridgehead atoms.